The van der Waals surface area contributed by atoms with Crippen molar-refractivity contribution < 1.29 is 9.53 Å². The van der Waals surface area contributed by atoms with Crippen LogP contribution in [0.5, 0.6) is 5.75 Å². The number of amidine groups is 1. The van der Waals surface area contributed by atoms with Crippen molar-refractivity contribution in [3.05, 3.63) is 40.3 Å². The molecule has 24 heavy (non-hydrogen) atoms. The van der Waals surface area contributed by atoms with Gasteiger partial charge in [-0.2, -0.15) is 0 Å². The largest absolute Gasteiger partial charge is 0.464 e. The molecular weight excluding hydrogens is 322 g/mol. The fourth-order valence-corrected chi connectivity index (χ4v) is 4.65. The Morgan fingerprint density at radius 2 is 2.29 bits per heavy atom. The van der Waals surface area contributed by atoms with Crippen LogP contribution in [0.3, 0.4) is 0 Å². The van der Waals surface area contributed by atoms with Gasteiger partial charge in [0.05, 0.1) is 5.56 Å². The third-order valence-electron chi connectivity index (χ3n) is 4.22. The number of aryl methyl sites for hydroxylation is 1. The Labute approximate surface area is 144 Å². The smallest absolute Gasteiger partial charge is 0.221 e. The zero-order chi connectivity index (χ0) is 16.7. The van der Waals surface area contributed by atoms with Gasteiger partial charge in [0.15, 0.2) is 0 Å². The summed E-state index contributed by atoms with van der Waals surface area (Å²) in [7, 11) is 0. The average molecular weight is 341 g/mol. The van der Waals surface area contributed by atoms with E-state index >= 15 is 0 Å². The topological polar surface area (TPSA) is 62.7 Å². The van der Waals surface area contributed by atoms with Crippen LogP contribution < -0.4 is 15.4 Å². The highest BCUT2D eigenvalue weighted by Crippen LogP contribution is 2.45. The summed E-state index contributed by atoms with van der Waals surface area (Å²) in [6, 6.07) is 7.45. The highest BCUT2D eigenvalue weighted by Gasteiger charge is 2.31. The molecule has 2 heterocycles. The normalized spacial score (nSPS) is 18.2. The molecule has 1 amide bonds. The molecule has 0 fully saturated rings. The van der Waals surface area contributed by atoms with E-state index in [9.17, 15) is 4.79 Å². The first-order valence-electron chi connectivity index (χ1n) is 8.10. The number of fused-ring (bicyclic) bond motifs is 3. The Kier molecular flexibility index (Phi) is 3.76. The van der Waals surface area contributed by atoms with Crippen molar-refractivity contribution in [2.75, 3.05) is 10.6 Å². The Morgan fingerprint density at radius 1 is 1.42 bits per heavy atom. The van der Waals surface area contributed by atoms with Gasteiger partial charge >= 0.3 is 0 Å². The van der Waals surface area contributed by atoms with Crippen molar-refractivity contribution in [2.24, 2.45) is 4.99 Å². The van der Waals surface area contributed by atoms with Crippen LogP contribution in [0.15, 0.2) is 29.3 Å². The third kappa shape index (κ3) is 2.78. The van der Waals surface area contributed by atoms with E-state index in [-0.39, 0.29) is 12.1 Å². The molecule has 1 atom stereocenters. The van der Waals surface area contributed by atoms with E-state index in [4.69, 9.17) is 4.74 Å². The van der Waals surface area contributed by atoms with Crippen LogP contribution in [-0.2, 0) is 17.6 Å². The number of anilines is 2. The first kappa shape index (κ1) is 15.2. The fourth-order valence-electron chi connectivity index (χ4n) is 3.28. The van der Waals surface area contributed by atoms with E-state index in [0.717, 1.165) is 29.4 Å². The number of aliphatic imine (C=N–C) groups is 1. The summed E-state index contributed by atoms with van der Waals surface area (Å²) >= 11 is 1.83. The van der Waals surface area contributed by atoms with E-state index in [1.165, 1.54) is 29.3 Å². The molecule has 0 bridgehead atoms. The van der Waals surface area contributed by atoms with Crippen LogP contribution >= 0.6 is 11.3 Å². The minimum atomic E-state index is -0.327. The zero-order valence-corrected chi connectivity index (χ0v) is 14.5. The first-order valence-corrected chi connectivity index (χ1v) is 8.92. The summed E-state index contributed by atoms with van der Waals surface area (Å²) in [5.41, 5.74) is 3.32. The maximum atomic E-state index is 11.2. The van der Waals surface area contributed by atoms with Gasteiger partial charge in [0, 0.05) is 23.6 Å². The molecule has 6 heteroatoms. The number of carbonyl (C=O) groups is 1. The van der Waals surface area contributed by atoms with Gasteiger partial charge in [0.2, 0.25) is 12.1 Å². The van der Waals surface area contributed by atoms with Gasteiger partial charge in [0.25, 0.3) is 0 Å². The van der Waals surface area contributed by atoms with Crippen molar-refractivity contribution in [2.45, 2.75) is 39.3 Å². The number of benzene rings is 1. The summed E-state index contributed by atoms with van der Waals surface area (Å²) in [5.74, 6) is 1.47. The van der Waals surface area contributed by atoms with Gasteiger partial charge in [-0.3, -0.25) is 4.79 Å². The van der Waals surface area contributed by atoms with E-state index in [0.29, 0.717) is 5.75 Å². The molecule has 0 unspecified atom stereocenters. The Hall–Kier alpha value is -2.34. The highest BCUT2D eigenvalue weighted by molar-refractivity contribution is 7.16. The molecule has 1 aromatic heterocycles. The lowest BCUT2D eigenvalue weighted by atomic mass is 10.1. The third-order valence-corrected chi connectivity index (χ3v) is 5.44. The molecular formula is C18H19N3O2S. The van der Waals surface area contributed by atoms with E-state index in [1.807, 2.05) is 42.5 Å². The Balaban J connectivity index is 1.65. The van der Waals surface area contributed by atoms with Gasteiger partial charge in [-0.25, -0.2) is 4.99 Å². The molecule has 0 spiro atoms. The molecule has 4 rings (SSSR count). The quantitative estimate of drug-likeness (QED) is 0.883. The lowest BCUT2D eigenvalue weighted by molar-refractivity contribution is -0.114. The predicted octanol–water partition coefficient (Wildman–Crippen LogP) is 4.12. The molecule has 0 saturated heterocycles. The predicted molar refractivity (Wildman–Crippen MR) is 97.2 cm³/mol. The van der Waals surface area contributed by atoms with E-state index in [2.05, 4.69) is 15.6 Å². The summed E-state index contributed by atoms with van der Waals surface area (Å²) in [5, 5.41) is 7.32. The summed E-state index contributed by atoms with van der Waals surface area (Å²) in [6.07, 6.45) is 3.13. The highest BCUT2D eigenvalue weighted by atomic mass is 32.1. The van der Waals surface area contributed by atoms with E-state index < -0.39 is 0 Å². The number of rotatable bonds is 3. The molecule has 1 aliphatic carbocycles. The second kappa shape index (κ2) is 5.94. The molecule has 0 saturated carbocycles. The Morgan fingerprint density at radius 3 is 3.12 bits per heavy atom. The lowest BCUT2D eigenvalue weighted by Gasteiger charge is -2.23. The van der Waals surface area contributed by atoms with Crippen molar-refractivity contribution >= 4 is 33.8 Å². The second-order valence-corrected chi connectivity index (χ2v) is 7.22. The SMILES string of the molecule is CC(=O)Nc1cccc(O[C@@H]2N=C(C)Nc3sc4c(c32)CCC4)c1. The number of nitrogens with one attached hydrogen (secondary N) is 2. The minimum Gasteiger partial charge on any atom is -0.464 e. The van der Waals surface area contributed by atoms with Gasteiger partial charge in [-0.1, -0.05) is 6.07 Å². The number of ether oxygens (including phenoxy) is 1. The van der Waals surface area contributed by atoms with Crippen LogP contribution in [0.1, 0.15) is 42.5 Å². The number of hydrogen-bond donors (Lipinski definition) is 2. The minimum absolute atomic E-state index is 0.0965. The number of carbonyl (C=O) groups excluding carboxylic acids is 1. The molecule has 2 N–H and O–H groups in total. The van der Waals surface area contributed by atoms with E-state index in [1.54, 1.807) is 0 Å². The lowest BCUT2D eigenvalue weighted by Crippen LogP contribution is -2.20. The van der Waals surface area contributed by atoms with Crippen LogP contribution in [0, 0.1) is 0 Å². The summed E-state index contributed by atoms with van der Waals surface area (Å²) in [6.45, 7) is 3.45. The van der Waals surface area contributed by atoms with Gasteiger partial charge in [-0.05, 0) is 43.9 Å². The standard InChI is InChI=1S/C18H19N3O2S/c1-10-19-17(16-14-7-4-8-15(14)24-18(16)20-10)23-13-6-3-5-12(9-13)21-11(2)22/h3,5-6,9,17H,4,7-8H2,1-2H3,(H,19,20)(H,21,22)/t17-/m0/s1. The number of hydrogen-bond acceptors (Lipinski definition) is 5. The van der Waals surface area contributed by atoms with Crippen molar-refractivity contribution in [1.82, 2.24) is 0 Å². The summed E-state index contributed by atoms with van der Waals surface area (Å²) < 4.78 is 6.19. The monoisotopic (exact) mass is 341 g/mol. The maximum absolute atomic E-state index is 11.2. The number of amides is 1. The van der Waals surface area contributed by atoms with Crippen molar-refractivity contribution in [3.63, 3.8) is 0 Å². The van der Waals surface area contributed by atoms with Crippen LogP contribution in [0.4, 0.5) is 10.7 Å². The van der Waals surface area contributed by atoms with Crippen molar-refractivity contribution in [3.8, 4) is 5.75 Å². The van der Waals surface area contributed by atoms with Crippen molar-refractivity contribution in [1.29, 1.82) is 0 Å². The molecule has 5 nitrogen and oxygen atoms in total. The molecule has 2 aliphatic rings. The summed E-state index contributed by atoms with van der Waals surface area (Å²) in [4.78, 5) is 17.4. The molecule has 1 aromatic carbocycles. The number of nitrogens with zero attached hydrogens (tertiary/aromatic N) is 1. The molecule has 124 valence electrons. The van der Waals surface area contributed by atoms with Crippen LogP contribution in [0.2, 0.25) is 0 Å². The fraction of sp³-hybridized carbons (Fsp3) is 0.333. The van der Waals surface area contributed by atoms with Crippen LogP contribution in [-0.4, -0.2) is 11.7 Å². The maximum Gasteiger partial charge on any atom is 0.221 e. The average Bonchev–Trinajstić information content (AvgIpc) is 3.06. The van der Waals surface area contributed by atoms with Crippen LogP contribution in [0.25, 0.3) is 0 Å². The Bertz CT molecular complexity index is 841. The molecule has 0 radical (unpaired) electrons. The van der Waals surface area contributed by atoms with Gasteiger partial charge in [0.1, 0.15) is 16.6 Å². The second-order valence-electron chi connectivity index (χ2n) is 6.12. The molecule has 1 aliphatic heterocycles. The van der Waals surface area contributed by atoms with Gasteiger partial charge in [-0.15, -0.1) is 11.3 Å². The molecule has 2 aromatic rings. The number of thiophene rings is 1. The first-order chi connectivity index (χ1) is 11.6. The zero-order valence-electron chi connectivity index (χ0n) is 13.7. The van der Waals surface area contributed by atoms with Gasteiger partial charge < -0.3 is 15.4 Å².